The molecule has 0 spiro atoms. The Kier molecular flexibility index (Phi) is 4.61. The van der Waals surface area contributed by atoms with Crippen LogP contribution in [0.2, 0.25) is 0 Å². The number of hydrogen-bond acceptors (Lipinski definition) is 1. The third kappa shape index (κ3) is 2.79. The summed E-state index contributed by atoms with van der Waals surface area (Å²) in [6.07, 6.45) is 1.13. The van der Waals surface area contributed by atoms with Crippen LogP contribution in [0.15, 0.2) is 41.4 Å². The van der Waals surface area contributed by atoms with Crippen molar-refractivity contribution in [3.63, 3.8) is 0 Å². The predicted molar refractivity (Wildman–Crippen MR) is 105 cm³/mol. The number of nitrogens with zero attached hydrogens (tertiary/aromatic N) is 3. The van der Waals surface area contributed by atoms with Crippen molar-refractivity contribution in [3.05, 3.63) is 58.7 Å². The van der Waals surface area contributed by atoms with Crippen LogP contribution in [0.1, 0.15) is 28.7 Å². The van der Waals surface area contributed by atoms with Crippen molar-refractivity contribution in [2.75, 3.05) is 29.9 Å². The summed E-state index contributed by atoms with van der Waals surface area (Å²) in [5.74, 6) is 1.05. The minimum atomic E-state index is 1.01. The first-order chi connectivity index (χ1) is 11.5. The molecule has 1 fully saturated rings. The van der Waals surface area contributed by atoms with Crippen LogP contribution in [-0.4, -0.2) is 26.1 Å². The van der Waals surface area contributed by atoms with Gasteiger partial charge in [0.25, 0.3) is 0 Å². The maximum atomic E-state index is 4.70. The molecule has 126 valence electrons. The standard InChI is InChI=1S/C21H27N3/c1-15-9-6-10-16(2)19(15)23-13-8-14-24(21(23)22-5)20-17(3)11-7-12-18(20)4/h6-7,9-12H,8,13-14H2,1-5H3. The van der Waals surface area contributed by atoms with Gasteiger partial charge in [0.1, 0.15) is 0 Å². The largest absolute Gasteiger partial charge is 0.312 e. The van der Waals surface area contributed by atoms with E-state index in [1.54, 1.807) is 0 Å². The fourth-order valence-corrected chi connectivity index (χ4v) is 3.86. The van der Waals surface area contributed by atoms with Gasteiger partial charge >= 0.3 is 0 Å². The molecule has 2 aromatic carbocycles. The van der Waals surface area contributed by atoms with Gasteiger partial charge in [0.05, 0.1) is 0 Å². The van der Waals surface area contributed by atoms with Crippen LogP contribution in [0.3, 0.4) is 0 Å². The zero-order valence-corrected chi connectivity index (χ0v) is 15.4. The summed E-state index contributed by atoms with van der Waals surface area (Å²) >= 11 is 0. The molecular formula is C21H27N3. The Balaban J connectivity index is 2.09. The molecule has 0 aliphatic carbocycles. The number of aryl methyl sites for hydroxylation is 4. The molecule has 0 unspecified atom stereocenters. The van der Waals surface area contributed by atoms with E-state index in [0.29, 0.717) is 0 Å². The fraction of sp³-hybridized carbons (Fsp3) is 0.381. The Bertz CT molecular complexity index is 675. The van der Waals surface area contributed by atoms with Crippen LogP contribution in [-0.2, 0) is 0 Å². The van der Waals surface area contributed by atoms with E-state index in [-0.39, 0.29) is 0 Å². The Labute approximate surface area is 145 Å². The molecule has 0 atom stereocenters. The summed E-state index contributed by atoms with van der Waals surface area (Å²) in [5, 5.41) is 0. The monoisotopic (exact) mass is 321 g/mol. The van der Waals surface area contributed by atoms with Crippen molar-refractivity contribution in [1.29, 1.82) is 0 Å². The van der Waals surface area contributed by atoms with Gasteiger partial charge in [-0.15, -0.1) is 0 Å². The van der Waals surface area contributed by atoms with Crippen LogP contribution in [0, 0.1) is 27.7 Å². The Morgan fingerprint density at radius 1 is 0.708 bits per heavy atom. The van der Waals surface area contributed by atoms with Crippen LogP contribution in [0.4, 0.5) is 11.4 Å². The summed E-state index contributed by atoms with van der Waals surface area (Å²) < 4.78 is 0. The highest BCUT2D eigenvalue weighted by Crippen LogP contribution is 2.32. The molecule has 1 aliphatic heterocycles. The molecule has 3 heteroatoms. The van der Waals surface area contributed by atoms with Crippen LogP contribution < -0.4 is 9.80 Å². The lowest BCUT2D eigenvalue weighted by atomic mass is 10.0. The minimum Gasteiger partial charge on any atom is -0.312 e. The van der Waals surface area contributed by atoms with Gasteiger partial charge in [0, 0.05) is 31.5 Å². The maximum Gasteiger partial charge on any atom is 0.205 e. The topological polar surface area (TPSA) is 18.8 Å². The molecule has 1 saturated heterocycles. The molecule has 1 heterocycles. The van der Waals surface area contributed by atoms with Gasteiger partial charge in [-0.1, -0.05) is 36.4 Å². The van der Waals surface area contributed by atoms with E-state index in [1.807, 2.05) is 7.05 Å². The third-order valence-corrected chi connectivity index (χ3v) is 4.87. The Hall–Kier alpha value is -2.29. The molecule has 24 heavy (non-hydrogen) atoms. The summed E-state index contributed by atoms with van der Waals surface area (Å²) in [4.78, 5) is 9.47. The molecule has 0 amide bonds. The van der Waals surface area contributed by atoms with Crippen molar-refractivity contribution in [2.24, 2.45) is 4.99 Å². The van der Waals surface area contributed by atoms with Gasteiger partial charge in [-0.05, 0) is 56.4 Å². The van der Waals surface area contributed by atoms with Crippen molar-refractivity contribution >= 4 is 17.3 Å². The zero-order chi connectivity index (χ0) is 17.3. The van der Waals surface area contributed by atoms with Crippen molar-refractivity contribution in [2.45, 2.75) is 34.1 Å². The van der Waals surface area contributed by atoms with E-state index >= 15 is 0 Å². The summed E-state index contributed by atoms with van der Waals surface area (Å²) in [6.45, 7) is 10.8. The average Bonchev–Trinajstić information content (AvgIpc) is 2.55. The number of anilines is 2. The molecule has 1 aliphatic rings. The van der Waals surface area contributed by atoms with Crippen molar-refractivity contribution in [3.8, 4) is 0 Å². The fourth-order valence-electron chi connectivity index (χ4n) is 3.86. The molecular weight excluding hydrogens is 294 g/mol. The molecule has 0 aromatic heterocycles. The number of aliphatic imine (C=N–C) groups is 1. The highest BCUT2D eigenvalue weighted by molar-refractivity contribution is 6.09. The first-order valence-corrected chi connectivity index (χ1v) is 8.69. The van der Waals surface area contributed by atoms with E-state index in [1.165, 1.54) is 33.6 Å². The second kappa shape index (κ2) is 6.68. The molecule has 3 rings (SSSR count). The maximum absolute atomic E-state index is 4.70. The van der Waals surface area contributed by atoms with E-state index < -0.39 is 0 Å². The van der Waals surface area contributed by atoms with Gasteiger partial charge in [-0.25, -0.2) is 0 Å². The smallest absolute Gasteiger partial charge is 0.205 e. The van der Waals surface area contributed by atoms with E-state index in [0.717, 1.165) is 25.5 Å². The summed E-state index contributed by atoms with van der Waals surface area (Å²) in [7, 11) is 1.90. The van der Waals surface area contributed by atoms with Crippen LogP contribution in [0.25, 0.3) is 0 Å². The number of para-hydroxylation sites is 2. The first-order valence-electron chi connectivity index (χ1n) is 8.69. The minimum absolute atomic E-state index is 1.01. The van der Waals surface area contributed by atoms with Crippen molar-refractivity contribution in [1.82, 2.24) is 0 Å². The van der Waals surface area contributed by atoms with E-state index in [4.69, 9.17) is 4.99 Å². The van der Waals surface area contributed by atoms with E-state index in [2.05, 4.69) is 73.9 Å². The SMILES string of the molecule is CN=C1N(c2c(C)cccc2C)CCCN1c1c(C)cccc1C. The van der Waals surface area contributed by atoms with Crippen molar-refractivity contribution < 1.29 is 0 Å². The average molecular weight is 321 g/mol. The molecule has 2 aromatic rings. The van der Waals surface area contributed by atoms with Crippen LogP contribution >= 0.6 is 0 Å². The lowest BCUT2D eigenvalue weighted by Crippen LogP contribution is -2.51. The highest BCUT2D eigenvalue weighted by atomic mass is 15.4. The molecule has 0 N–H and O–H groups in total. The van der Waals surface area contributed by atoms with Gasteiger partial charge < -0.3 is 9.80 Å². The first kappa shape index (κ1) is 16.6. The summed E-state index contributed by atoms with van der Waals surface area (Å²) in [5.41, 5.74) is 7.82. The zero-order valence-electron chi connectivity index (χ0n) is 15.4. The molecule has 3 nitrogen and oxygen atoms in total. The second-order valence-electron chi connectivity index (χ2n) is 6.66. The molecule has 0 bridgehead atoms. The molecule has 0 saturated carbocycles. The van der Waals surface area contributed by atoms with Gasteiger partial charge in [-0.3, -0.25) is 4.99 Å². The highest BCUT2D eigenvalue weighted by Gasteiger charge is 2.28. The number of benzene rings is 2. The molecule has 0 radical (unpaired) electrons. The summed E-state index contributed by atoms with van der Waals surface area (Å²) in [6, 6.07) is 13.0. The predicted octanol–water partition coefficient (Wildman–Crippen LogP) is 4.62. The lowest BCUT2D eigenvalue weighted by molar-refractivity contribution is 0.752. The normalized spacial score (nSPS) is 15.0. The third-order valence-electron chi connectivity index (χ3n) is 4.87. The van der Waals surface area contributed by atoms with E-state index in [9.17, 15) is 0 Å². The second-order valence-corrected chi connectivity index (χ2v) is 6.66. The Morgan fingerprint density at radius 2 is 1.08 bits per heavy atom. The quantitative estimate of drug-likeness (QED) is 0.803. The van der Waals surface area contributed by atoms with Gasteiger partial charge in [-0.2, -0.15) is 0 Å². The van der Waals surface area contributed by atoms with Gasteiger partial charge in [0.2, 0.25) is 5.96 Å². The number of rotatable bonds is 2. The van der Waals surface area contributed by atoms with Gasteiger partial charge in [0.15, 0.2) is 0 Å². The Morgan fingerprint density at radius 3 is 1.42 bits per heavy atom. The number of hydrogen-bond donors (Lipinski definition) is 0. The van der Waals surface area contributed by atoms with Crippen LogP contribution in [0.5, 0.6) is 0 Å². The number of guanidine groups is 1. The lowest BCUT2D eigenvalue weighted by Gasteiger charge is -2.41.